The van der Waals surface area contributed by atoms with Gasteiger partial charge >= 0.3 is 12.1 Å². The summed E-state index contributed by atoms with van der Waals surface area (Å²) in [4.78, 5) is 28.8. The van der Waals surface area contributed by atoms with E-state index in [1.54, 1.807) is 45.0 Å². The second kappa shape index (κ2) is 12.0. The first kappa shape index (κ1) is 30.3. The lowest BCUT2D eigenvalue weighted by Gasteiger charge is -2.42. The number of aromatic hydroxyl groups is 1. The number of halogens is 2. The Hall–Kier alpha value is -3.70. The normalized spacial score (nSPS) is 16.8. The van der Waals surface area contributed by atoms with Crippen molar-refractivity contribution in [3.63, 3.8) is 0 Å². The molecule has 0 radical (unpaired) electrons. The number of carbonyl (C=O) groups is 2. The van der Waals surface area contributed by atoms with Crippen molar-refractivity contribution in [1.29, 1.82) is 0 Å². The molecule has 1 fully saturated rings. The highest BCUT2D eigenvalue weighted by Gasteiger charge is 2.32. The first-order chi connectivity index (χ1) is 19.3. The molecule has 0 aliphatic carbocycles. The van der Waals surface area contributed by atoms with Gasteiger partial charge in [-0.3, -0.25) is 14.4 Å². The van der Waals surface area contributed by atoms with Crippen LogP contribution in [0.25, 0.3) is 10.9 Å². The molecule has 0 saturated carbocycles. The Morgan fingerprint density at radius 2 is 1.85 bits per heavy atom. The van der Waals surface area contributed by atoms with E-state index < -0.39 is 24.1 Å². The Kier molecular flexibility index (Phi) is 8.89. The van der Waals surface area contributed by atoms with E-state index in [0.717, 1.165) is 16.5 Å². The second-order valence-electron chi connectivity index (χ2n) is 11.2. The van der Waals surface area contributed by atoms with Crippen molar-refractivity contribution in [1.82, 2.24) is 14.4 Å². The average Bonchev–Trinajstić information content (AvgIpc) is 3.35. The Labute approximate surface area is 238 Å². The highest BCUT2D eigenvalue weighted by Crippen LogP contribution is 2.37. The van der Waals surface area contributed by atoms with E-state index in [1.165, 1.54) is 23.8 Å². The first-order valence-electron chi connectivity index (χ1n) is 13.4. The van der Waals surface area contributed by atoms with Gasteiger partial charge in [-0.2, -0.15) is 0 Å². The number of ether oxygens (including phenoxy) is 3. The highest BCUT2D eigenvalue weighted by molar-refractivity contribution is 5.95. The molecule has 4 rings (SSSR count). The number of phenols is 1. The van der Waals surface area contributed by atoms with Gasteiger partial charge in [-0.05, 0) is 63.1 Å². The van der Waals surface area contributed by atoms with Crippen LogP contribution in [0.4, 0.5) is 13.6 Å². The SMILES string of the molecule is COC(=O)c1ccc(C2CN(CC(F)F)CCN2Cc2c(OC)cc(C)c3c2ccn3C(=O)OC(C)(C)C)cc1O. The Morgan fingerprint density at radius 3 is 2.46 bits per heavy atom. The molecule has 41 heavy (non-hydrogen) atoms. The summed E-state index contributed by atoms with van der Waals surface area (Å²) in [5.74, 6) is -0.283. The summed E-state index contributed by atoms with van der Waals surface area (Å²) in [7, 11) is 2.81. The number of methoxy groups -OCH3 is 2. The fourth-order valence-electron chi connectivity index (χ4n) is 5.36. The third kappa shape index (κ3) is 6.62. The number of hydrogen-bond acceptors (Lipinski definition) is 8. The van der Waals surface area contributed by atoms with Gasteiger partial charge in [-0.25, -0.2) is 18.4 Å². The third-order valence-electron chi connectivity index (χ3n) is 7.18. The van der Waals surface area contributed by atoms with E-state index in [2.05, 4.69) is 4.90 Å². The van der Waals surface area contributed by atoms with Crippen LogP contribution in [0.1, 0.15) is 53.9 Å². The number of rotatable bonds is 7. The van der Waals surface area contributed by atoms with E-state index in [1.807, 2.05) is 19.1 Å². The zero-order valence-electron chi connectivity index (χ0n) is 24.2. The van der Waals surface area contributed by atoms with Crippen molar-refractivity contribution < 1.29 is 37.7 Å². The number of aryl methyl sites for hydroxylation is 1. The van der Waals surface area contributed by atoms with Gasteiger partial charge in [0.2, 0.25) is 0 Å². The molecule has 1 aliphatic rings. The van der Waals surface area contributed by atoms with E-state index in [9.17, 15) is 23.5 Å². The summed E-state index contributed by atoms with van der Waals surface area (Å²) in [5, 5.41) is 11.4. The first-order valence-corrected chi connectivity index (χ1v) is 13.4. The maximum absolute atomic E-state index is 13.3. The number of aromatic nitrogens is 1. The molecular weight excluding hydrogens is 536 g/mol. The number of benzene rings is 2. The predicted octanol–water partition coefficient (Wildman–Crippen LogP) is 5.36. The molecule has 1 unspecified atom stereocenters. The molecule has 11 heteroatoms. The van der Waals surface area contributed by atoms with E-state index in [0.29, 0.717) is 36.5 Å². The van der Waals surface area contributed by atoms with Crippen LogP contribution in [0.3, 0.4) is 0 Å². The third-order valence-corrected chi connectivity index (χ3v) is 7.18. The van der Waals surface area contributed by atoms with Crippen LogP contribution in [-0.2, 0) is 16.0 Å². The Balaban J connectivity index is 1.75. The zero-order valence-corrected chi connectivity index (χ0v) is 24.2. The second-order valence-corrected chi connectivity index (χ2v) is 11.2. The van der Waals surface area contributed by atoms with Crippen molar-refractivity contribution in [3.05, 3.63) is 58.8 Å². The van der Waals surface area contributed by atoms with Gasteiger partial charge in [0.25, 0.3) is 6.43 Å². The summed E-state index contributed by atoms with van der Waals surface area (Å²) in [6, 6.07) is 8.01. The van der Waals surface area contributed by atoms with Crippen LogP contribution < -0.4 is 4.74 Å². The number of fused-ring (bicyclic) bond motifs is 1. The number of piperazine rings is 1. The van der Waals surface area contributed by atoms with Crippen molar-refractivity contribution >= 4 is 23.0 Å². The largest absolute Gasteiger partial charge is 0.507 e. The minimum absolute atomic E-state index is 0.0217. The molecule has 3 aromatic rings. The average molecular weight is 574 g/mol. The molecule has 0 spiro atoms. The standard InChI is InChI=1S/C30H37F2N3O6/c1-18-13-25(39-5)22(20-9-10-35(27(18)20)29(38)41-30(2,3)4)15-34-12-11-33(17-26(31)32)16-23(34)19-7-8-21(24(36)14-19)28(37)40-6/h7-10,13-14,23,26,36H,11-12,15-17H2,1-6H3. The van der Waals surface area contributed by atoms with Crippen LogP contribution in [0, 0.1) is 6.92 Å². The number of carbonyl (C=O) groups excluding carboxylic acids is 2. The van der Waals surface area contributed by atoms with E-state index in [-0.39, 0.29) is 30.4 Å². The summed E-state index contributed by atoms with van der Waals surface area (Å²) < 4.78 is 44.2. The summed E-state index contributed by atoms with van der Waals surface area (Å²) in [6.45, 7) is 8.50. The lowest BCUT2D eigenvalue weighted by Crippen LogP contribution is -2.49. The lowest BCUT2D eigenvalue weighted by atomic mass is 9.97. The molecule has 9 nitrogen and oxygen atoms in total. The van der Waals surface area contributed by atoms with Gasteiger partial charge in [0, 0.05) is 49.4 Å². The van der Waals surface area contributed by atoms with Gasteiger partial charge in [0.1, 0.15) is 22.7 Å². The molecule has 222 valence electrons. The van der Waals surface area contributed by atoms with Gasteiger partial charge in [0.15, 0.2) is 0 Å². The van der Waals surface area contributed by atoms with Gasteiger partial charge < -0.3 is 19.3 Å². The molecule has 1 N–H and O–H groups in total. The fraction of sp³-hybridized carbons (Fsp3) is 0.467. The maximum Gasteiger partial charge on any atom is 0.419 e. The van der Waals surface area contributed by atoms with Crippen LogP contribution in [0.15, 0.2) is 36.5 Å². The van der Waals surface area contributed by atoms with Crippen LogP contribution in [0.2, 0.25) is 0 Å². The number of nitrogens with zero attached hydrogens (tertiary/aromatic N) is 3. The lowest BCUT2D eigenvalue weighted by molar-refractivity contribution is 0.0245. The van der Waals surface area contributed by atoms with Crippen molar-refractivity contribution in [2.75, 3.05) is 40.4 Å². The van der Waals surface area contributed by atoms with E-state index >= 15 is 0 Å². The smallest absolute Gasteiger partial charge is 0.419 e. The molecule has 1 aliphatic heterocycles. The quantitative estimate of drug-likeness (QED) is 0.378. The number of alkyl halides is 2. The molecule has 0 amide bonds. The van der Waals surface area contributed by atoms with Crippen molar-refractivity contribution in [2.24, 2.45) is 0 Å². The summed E-state index contributed by atoms with van der Waals surface area (Å²) >= 11 is 0. The van der Waals surface area contributed by atoms with Gasteiger partial charge in [-0.15, -0.1) is 0 Å². The minimum atomic E-state index is -2.48. The Bertz CT molecular complexity index is 1430. The highest BCUT2D eigenvalue weighted by atomic mass is 19.3. The number of phenolic OH excluding ortho intramolecular Hbond substituents is 1. The van der Waals surface area contributed by atoms with Crippen LogP contribution in [-0.4, -0.2) is 84.0 Å². The Morgan fingerprint density at radius 1 is 1.12 bits per heavy atom. The van der Waals surface area contributed by atoms with E-state index in [4.69, 9.17) is 14.2 Å². The van der Waals surface area contributed by atoms with Crippen molar-refractivity contribution in [3.8, 4) is 11.5 Å². The van der Waals surface area contributed by atoms with Gasteiger partial charge in [0.05, 0.1) is 26.3 Å². The summed E-state index contributed by atoms with van der Waals surface area (Å²) in [6.07, 6.45) is -1.30. The number of hydrogen-bond donors (Lipinski definition) is 1. The fourth-order valence-corrected chi connectivity index (χ4v) is 5.36. The number of esters is 1. The topological polar surface area (TPSA) is 93.5 Å². The molecule has 2 aromatic carbocycles. The summed E-state index contributed by atoms with van der Waals surface area (Å²) in [5.41, 5.74) is 2.38. The molecular formula is C30H37F2N3O6. The molecule has 1 atom stereocenters. The molecule has 2 heterocycles. The van der Waals surface area contributed by atoms with Crippen molar-refractivity contribution in [2.45, 2.75) is 52.3 Å². The maximum atomic E-state index is 13.3. The zero-order chi connectivity index (χ0) is 30.1. The predicted molar refractivity (Wildman–Crippen MR) is 150 cm³/mol. The monoisotopic (exact) mass is 573 g/mol. The van der Waals surface area contributed by atoms with Crippen LogP contribution in [0.5, 0.6) is 11.5 Å². The van der Waals surface area contributed by atoms with Gasteiger partial charge in [-0.1, -0.05) is 6.07 Å². The van der Waals surface area contributed by atoms with Crippen LogP contribution >= 0.6 is 0 Å². The molecule has 1 saturated heterocycles. The molecule has 0 bridgehead atoms. The minimum Gasteiger partial charge on any atom is -0.507 e. The molecule has 1 aromatic heterocycles.